The Morgan fingerprint density at radius 2 is 2.00 bits per heavy atom. The van der Waals surface area contributed by atoms with Crippen molar-refractivity contribution in [3.8, 4) is 0 Å². The van der Waals surface area contributed by atoms with Gasteiger partial charge in [-0.05, 0) is 12.5 Å². The lowest BCUT2D eigenvalue weighted by Gasteiger charge is -2.16. The number of carboxylic acids is 1. The van der Waals surface area contributed by atoms with Gasteiger partial charge in [-0.2, -0.15) is 14.9 Å². The van der Waals surface area contributed by atoms with Crippen LogP contribution in [-0.4, -0.2) is 44.5 Å². The summed E-state index contributed by atoms with van der Waals surface area (Å²) in [6.45, 7) is 1.69. The summed E-state index contributed by atoms with van der Waals surface area (Å²) in [5.41, 5.74) is 0.173. The molecule has 10 nitrogen and oxygen atoms in total. The Bertz CT molecular complexity index is 1040. The zero-order valence-electron chi connectivity index (χ0n) is 13.9. The first-order valence-electron chi connectivity index (χ1n) is 7.51. The van der Waals surface area contributed by atoms with Crippen LogP contribution >= 0.6 is 0 Å². The maximum absolute atomic E-state index is 12.8. The Hall–Kier alpha value is -3.05. The summed E-state index contributed by atoms with van der Waals surface area (Å²) < 4.78 is 29.1. The lowest BCUT2D eigenvalue weighted by molar-refractivity contribution is 0.0680. The quantitative estimate of drug-likeness (QED) is 0.572. The van der Waals surface area contributed by atoms with Crippen LogP contribution in [0.1, 0.15) is 33.7 Å². The van der Waals surface area contributed by atoms with Gasteiger partial charge in [0, 0.05) is 7.05 Å². The van der Waals surface area contributed by atoms with Gasteiger partial charge in [-0.25, -0.2) is 18.2 Å². The Labute approximate surface area is 148 Å². The van der Waals surface area contributed by atoms with Crippen molar-refractivity contribution in [3.05, 3.63) is 59.4 Å². The number of hydrogen-bond donors (Lipinski definition) is 3. The summed E-state index contributed by atoms with van der Waals surface area (Å²) in [5.74, 6) is -0.652. The number of carboxylic acid groups (broad SMARTS) is 1. The van der Waals surface area contributed by atoms with Crippen LogP contribution in [0.5, 0.6) is 0 Å². The molecule has 1 aromatic carbocycles. The average Bonchev–Trinajstić information content (AvgIpc) is 3.19. The lowest BCUT2D eigenvalue weighted by atomic mass is 10.1. The maximum atomic E-state index is 12.8. The van der Waals surface area contributed by atoms with Gasteiger partial charge in [0.25, 0.3) is 0 Å². The van der Waals surface area contributed by atoms with Crippen molar-refractivity contribution in [2.75, 3.05) is 0 Å². The molecule has 2 heterocycles. The largest absolute Gasteiger partial charge is 0.476 e. The van der Waals surface area contributed by atoms with E-state index in [1.54, 1.807) is 37.3 Å². The van der Waals surface area contributed by atoms with Gasteiger partial charge < -0.3 is 5.11 Å². The van der Waals surface area contributed by atoms with Gasteiger partial charge in [-0.15, -0.1) is 0 Å². The third-order valence-electron chi connectivity index (χ3n) is 3.68. The molecular formula is C15H16N6O4S. The van der Waals surface area contributed by atoms with Gasteiger partial charge in [0.1, 0.15) is 16.8 Å². The fourth-order valence-corrected chi connectivity index (χ4v) is 3.82. The highest BCUT2D eigenvalue weighted by atomic mass is 32.2. The molecule has 1 unspecified atom stereocenters. The van der Waals surface area contributed by atoms with E-state index in [0.717, 1.165) is 10.9 Å². The number of H-pyrrole nitrogens is 1. The summed E-state index contributed by atoms with van der Waals surface area (Å²) in [5, 5.41) is 19.7. The molecule has 0 aliphatic carbocycles. The number of benzene rings is 1. The van der Waals surface area contributed by atoms with Crippen LogP contribution in [-0.2, 0) is 17.1 Å². The van der Waals surface area contributed by atoms with Crippen LogP contribution in [0.3, 0.4) is 0 Å². The van der Waals surface area contributed by atoms with Crippen LogP contribution in [0.15, 0.2) is 41.4 Å². The second-order valence-corrected chi connectivity index (χ2v) is 7.21. The summed E-state index contributed by atoms with van der Waals surface area (Å²) in [7, 11) is -2.85. The first-order chi connectivity index (χ1) is 12.3. The van der Waals surface area contributed by atoms with Gasteiger partial charge >= 0.3 is 5.97 Å². The topological polar surface area (TPSA) is 143 Å². The highest BCUT2D eigenvalue weighted by Gasteiger charge is 2.31. The van der Waals surface area contributed by atoms with Crippen LogP contribution in [0.2, 0.25) is 0 Å². The third kappa shape index (κ3) is 3.34. The molecule has 26 heavy (non-hydrogen) atoms. The molecule has 3 N–H and O–H groups in total. The smallest absolute Gasteiger partial charge is 0.355 e. The molecule has 0 amide bonds. The first-order valence-corrected chi connectivity index (χ1v) is 8.99. The van der Waals surface area contributed by atoms with Crippen LogP contribution < -0.4 is 4.72 Å². The van der Waals surface area contributed by atoms with Crippen molar-refractivity contribution in [2.24, 2.45) is 7.05 Å². The molecule has 0 bridgehead atoms. The second-order valence-electron chi connectivity index (χ2n) is 5.53. The monoisotopic (exact) mass is 376 g/mol. The van der Waals surface area contributed by atoms with Gasteiger partial charge in [0.15, 0.2) is 11.5 Å². The predicted molar refractivity (Wildman–Crippen MR) is 89.9 cm³/mol. The predicted octanol–water partition coefficient (Wildman–Crippen LogP) is 0.613. The second kappa shape index (κ2) is 6.69. The van der Waals surface area contributed by atoms with Gasteiger partial charge in [0.2, 0.25) is 10.0 Å². The molecule has 1 atom stereocenters. The number of hydrogen-bond acceptors (Lipinski definition) is 6. The van der Waals surface area contributed by atoms with E-state index in [-0.39, 0.29) is 5.82 Å². The van der Waals surface area contributed by atoms with Crippen molar-refractivity contribution in [1.29, 1.82) is 0 Å². The van der Waals surface area contributed by atoms with Crippen LogP contribution in [0, 0.1) is 6.92 Å². The van der Waals surface area contributed by atoms with Crippen molar-refractivity contribution < 1.29 is 18.3 Å². The van der Waals surface area contributed by atoms with Crippen LogP contribution in [0.4, 0.5) is 0 Å². The van der Waals surface area contributed by atoms with Crippen molar-refractivity contribution >= 4 is 16.0 Å². The fourth-order valence-electron chi connectivity index (χ4n) is 2.48. The minimum Gasteiger partial charge on any atom is -0.476 e. The molecule has 3 aromatic rings. The van der Waals surface area contributed by atoms with E-state index in [4.69, 9.17) is 0 Å². The Balaban J connectivity index is 2.06. The third-order valence-corrected chi connectivity index (χ3v) is 5.10. The van der Waals surface area contributed by atoms with E-state index in [0.29, 0.717) is 11.4 Å². The number of aromatic amines is 1. The average molecular weight is 376 g/mol. The number of rotatable bonds is 6. The molecular weight excluding hydrogens is 360 g/mol. The summed E-state index contributed by atoms with van der Waals surface area (Å²) in [6, 6.07) is 7.85. The lowest BCUT2D eigenvalue weighted by Crippen LogP contribution is -2.31. The molecule has 0 aliphatic rings. The van der Waals surface area contributed by atoms with E-state index in [1.807, 2.05) is 0 Å². The first kappa shape index (κ1) is 17.8. The number of aromatic carboxylic acids is 1. The number of carbonyl (C=O) groups is 1. The van der Waals surface area contributed by atoms with Crippen molar-refractivity contribution in [3.63, 3.8) is 0 Å². The van der Waals surface area contributed by atoms with Crippen molar-refractivity contribution in [2.45, 2.75) is 17.9 Å². The van der Waals surface area contributed by atoms with E-state index in [9.17, 15) is 18.3 Å². The molecule has 0 saturated heterocycles. The Morgan fingerprint density at radius 1 is 1.31 bits per heavy atom. The number of aryl methyl sites for hydroxylation is 2. The molecule has 0 saturated carbocycles. The zero-order chi connectivity index (χ0) is 18.9. The molecule has 11 heteroatoms. The van der Waals surface area contributed by atoms with Crippen molar-refractivity contribution in [1.82, 2.24) is 29.7 Å². The molecule has 0 radical (unpaired) electrons. The molecule has 2 aromatic heterocycles. The van der Waals surface area contributed by atoms with Gasteiger partial charge in [-0.3, -0.25) is 9.78 Å². The highest BCUT2D eigenvalue weighted by Crippen LogP contribution is 2.23. The maximum Gasteiger partial charge on any atom is 0.355 e. The summed E-state index contributed by atoms with van der Waals surface area (Å²) >= 11 is 0. The normalized spacial score (nSPS) is 12.8. The number of nitrogens with one attached hydrogen (secondary N) is 2. The molecule has 136 valence electrons. The molecule has 0 aliphatic heterocycles. The van der Waals surface area contributed by atoms with Gasteiger partial charge in [0.05, 0.1) is 6.20 Å². The molecule has 0 fully saturated rings. The molecule has 0 spiro atoms. The van der Waals surface area contributed by atoms with E-state index in [2.05, 4.69) is 25.0 Å². The number of nitrogens with zero attached hydrogens (tertiary/aromatic N) is 4. The summed E-state index contributed by atoms with van der Waals surface area (Å²) in [6.07, 6.45) is 0.997. The minimum absolute atomic E-state index is 0.220. The zero-order valence-corrected chi connectivity index (χ0v) is 14.7. The summed E-state index contributed by atoms with van der Waals surface area (Å²) in [4.78, 5) is 15.2. The van der Waals surface area contributed by atoms with Crippen LogP contribution in [0.25, 0.3) is 0 Å². The Kier molecular flexibility index (Phi) is 4.57. The van der Waals surface area contributed by atoms with E-state index >= 15 is 0 Å². The van der Waals surface area contributed by atoms with E-state index in [1.165, 1.54) is 7.05 Å². The van der Waals surface area contributed by atoms with E-state index < -0.39 is 32.6 Å². The number of sulfonamides is 1. The number of aromatic nitrogens is 5. The highest BCUT2D eigenvalue weighted by molar-refractivity contribution is 7.89. The minimum atomic E-state index is -4.21. The SMILES string of the molecule is Cc1nc(C(NS(=O)(=O)c2cnn(C)c2C(=O)O)c2ccccc2)n[nH]1. The Morgan fingerprint density at radius 3 is 2.58 bits per heavy atom. The molecule has 3 rings (SSSR count). The van der Waals surface area contributed by atoms with Gasteiger partial charge in [-0.1, -0.05) is 30.3 Å². The standard InChI is InChI=1S/C15H16N6O4S/c1-9-17-14(19-18-9)12(10-6-4-3-5-7-10)20-26(24,25)11-8-16-21(2)13(11)15(22)23/h3-8,12,20H,1-2H3,(H,22,23)(H,17,18,19). The fraction of sp³-hybridized carbons (Fsp3) is 0.200.